The Morgan fingerprint density at radius 1 is 1.38 bits per heavy atom. The lowest BCUT2D eigenvalue weighted by molar-refractivity contribution is -0.127. The number of nitrogens with zero attached hydrogens (tertiary/aromatic N) is 1. The summed E-state index contributed by atoms with van der Waals surface area (Å²) in [5, 5.41) is 8.65. The highest BCUT2D eigenvalue weighted by atomic mass is 32.1. The summed E-state index contributed by atoms with van der Waals surface area (Å²) in [6.07, 6.45) is 3.56. The van der Waals surface area contributed by atoms with Gasteiger partial charge in [0.2, 0.25) is 11.8 Å². The minimum Gasteiger partial charge on any atom is -0.465 e. The molecule has 2 aliphatic heterocycles. The summed E-state index contributed by atoms with van der Waals surface area (Å²) in [7, 11) is 1.32. The first-order valence-electron chi connectivity index (χ1n) is 9.04. The number of anilines is 1. The fourth-order valence-corrected chi connectivity index (χ4v) is 5.18. The van der Waals surface area contributed by atoms with Crippen LogP contribution >= 0.6 is 11.3 Å². The Morgan fingerprint density at radius 3 is 2.88 bits per heavy atom. The summed E-state index contributed by atoms with van der Waals surface area (Å²) in [6, 6.07) is 1.16. The third-order valence-electron chi connectivity index (χ3n) is 5.92. The Hall–Kier alpha value is -1.93. The van der Waals surface area contributed by atoms with Crippen LogP contribution in [-0.2, 0) is 14.3 Å². The number of rotatable bonds is 4. The maximum atomic E-state index is 12.8. The Labute approximate surface area is 156 Å². The van der Waals surface area contributed by atoms with Gasteiger partial charge in [-0.1, -0.05) is 0 Å². The fourth-order valence-electron chi connectivity index (χ4n) is 4.26. The van der Waals surface area contributed by atoms with Gasteiger partial charge in [-0.3, -0.25) is 9.59 Å². The standard InChI is InChI=1S/C18H23N3O4S/c1-25-17(24)11-3-9-26-16(11)21-8-2-13(15(21)23)20-14(22)12-10-18(12)4-6-19-7-5-18/h3,9,12-13,19H,2,4-8,10H2,1H3,(H,20,22). The smallest absolute Gasteiger partial charge is 0.340 e. The van der Waals surface area contributed by atoms with Gasteiger partial charge in [0.25, 0.3) is 0 Å². The lowest BCUT2D eigenvalue weighted by atomic mass is 9.91. The van der Waals surface area contributed by atoms with Gasteiger partial charge < -0.3 is 20.3 Å². The van der Waals surface area contributed by atoms with Crippen molar-refractivity contribution >= 4 is 34.1 Å². The van der Waals surface area contributed by atoms with E-state index in [1.807, 2.05) is 0 Å². The molecular weight excluding hydrogens is 354 g/mol. The number of esters is 1. The van der Waals surface area contributed by atoms with E-state index in [1.165, 1.54) is 18.4 Å². The van der Waals surface area contributed by atoms with Crippen LogP contribution in [-0.4, -0.2) is 50.6 Å². The zero-order chi connectivity index (χ0) is 18.3. The molecule has 7 nitrogen and oxygen atoms in total. The van der Waals surface area contributed by atoms with Crippen LogP contribution in [0.1, 0.15) is 36.0 Å². The van der Waals surface area contributed by atoms with Crippen molar-refractivity contribution in [2.24, 2.45) is 11.3 Å². The van der Waals surface area contributed by atoms with E-state index in [4.69, 9.17) is 4.74 Å². The molecule has 4 rings (SSSR count). The number of hydrogen-bond acceptors (Lipinski definition) is 6. The van der Waals surface area contributed by atoms with Gasteiger partial charge in [-0.2, -0.15) is 0 Å². The predicted octanol–water partition coefficient (Wildman–Crippen LogP) is 1.15. The molecule has 140 valence electrons. The van der Waals surface area contributed by atoms with Crippen LogP contribution in [0.5, 0.6) is 0 Å². The molecule has 0 aromatic carbocycles. The second-order valence-corrected chi connectivity index (χ2v) is 8.23. The maximum Gasteiger partial charge on any atom is 0.340 e. The van der Waals surface area contributed by atoms with Gasteiger partial charge in [0.15, 0.2) is 0 Å². The van der Waals surface area contributed by atoms with Crippen LogP contribution in [0.2, 0.25) is 0 Å². The van der Waals surface area contributed by atoms with Crippen LogP contribution in [0.15, 0.2) is 11.4 Å². The van der Waals surface area contributed by atoms with Crippen LogP contribution in [0.4, 0.5) is 5.00 Å². The molecule has 1 aromatic heterocycles. The van der Waals surface area contributed by atoms with Crippen LogP contribution in [0.25, 0.3) is 0 Å². The molecule has 1 aliphatic carbocycles. The highest BCUT2D eigenvalue weighted by molar-refractivity contribution is 7.14. The van der Waals surface area contributed by atoms with Crippen LogP contribution < -0.4 is 15.5 Å². The molecule has 1 aromatic rings. The van der Waals surface area contributed by atoms with Gasteiger partial charge in [-0.25, -0.2) is 4.79 Å². The van der Waals surface area contributed by atoms with E-state index in [9.17, 15) is 14.4 Å². The highest BCUT2D eigenvalue weighted by Crippen LogP contribution is 2.58. The number of carbonyl (C=O) groups excluding carboxylic acids is 3. The van der Waals surface area contributed by atoms with Crippen molar-refractivity contribution in [1.82, 2.24) is 10.6 Å². The molecule has 0 radical (unpaired) electrons. The summed E-state index contributed by atoms with van der Waals surface area (Å²) in [5.74, 6) is -0.552. The highest BCUT2D eigenvalue weighted by Gasteiger charge is 2.58. The van der Waals surface area contributed by atoms with Gasteiger partial charge in [0.1, 0.15) is 11.0 Å². The molecule has 0 bridgehead atoms. The summed E-state index contributed by atoms with van der Waals surface area (Å²) < 4.78 is 4.78. The number of carbonyl (C=O) groups is 3. The molecular formula is C18H23N3O4S. The molecule has 2 saturated heterocycles. The molecule has 3 heterocycles. The second kappa shape index (κ2) is 6.66. The van der Waals surface area contributed by atoms with Crippen molar-refractivity contribution in [1.29, 1.82) is 0 Å². The van der Waals surface area contributed by atoms with Crippen LogP contribution in [0, 0.1) is 11.3 Å². The minimum atomic E-state index is -0.505. The number of hydrogen-bond donors (Lipinski definition) is 2. The number of piperidine rings is 1. The SMILES string of the molecule is COC(=O)c1ccsc1N1CCC(NC(=O)C2CC23CCNCC3)C1=O. The minimum absolute atomic E-state index is 0.00599. The van der Waals surface area contributed by atoms with Gasteiger partial charge in [0, 0.05) is 12.5 Å². The molecule has 3 fully saturated rings. The number of ether oxygens (including phenoxy) is 1. The van der Waals surface area contributed by atoms with Gasteiger partial charge in [-0.05, 0) is 55.6 Å². The summed E-state index contributed by atoms with van der Waals surface area (Å²) in [5.41, 5.74) is 0.552. The monoisotopic (exact) mass is 377 g/mol. The molecule has 1 spiro atoms. The van der Waals surface area contributed by atoms with Gasteiger partial charge in [0.05, 0.1) is 12.7 Å². The molecule has 2 amide bonds. The number of thiophene rings is 1. The second-order valence-electron chi connectivity index (χ2n) is 7.34. The van der Waals surface area contributed by atoms with E-state index in [-0.39, 0.29) is 23.1 Å². The zero-order valence-corrected chi connectivity index (χ0v) is 15.6. The summed E-state index contributed by atoms with van der Waals surface area (Å²) in [4.78, 5) is 38.8. The Morgan fingerprint density at radius 2 is 2.15 bits per heavy atom. The van der Waals surface area contributed by atoms with E-state index in [0.717, 1.165) is 32.4 Å². The Bertz CT molecular complexity index is 741. The number of amides is 2. The van der Waals surface area contributed by atoms with Gasteiger partial charge >= 0.3 is 5.97 Å². The quantitative estimate of drug-likeness (QED) is 0.769. The number of methoxy groups -OCH3 is 1. The molecule has 3 aliphatic rings. The first-order chi connectivity index (χ1) is 12.6. The van der Waals surface area contributed by atoms with E-state index < -0.39 is 12.0 Å². The first-order valence-corrected chi connectivity index (χ1v) is 9.92. The Kier molecular flexibility index (Phi) is 4.48. The third kappa shape index (κ3) is 2.91. The Balaban J connectivity index is 1.40. The fraction of sp³-hybridized carbons (Fsp3) is 0.611. The lowest BCUT2D eigenvalue weighted by Gasteiger charge is -2.23. The topological polar surface area (TPSA) is 87.7 Å². The van der Waals surface area contributed by atoms with Crippen molar-refractivity contribution in [3.8, 4) is 0 Å². The van der Waals surface area contributed by atoms with Gasteiger partial charge in [-0.15, -0.1) is 11.3 Å². The molecule has 2 N–H and O–H groups in total. The largest absolute Gasteiger partial charge is 0.465 e. The first kappa shape index (κ1) is 17.5. The van der Waals surface area contributed by atoms with Crippen molar-refractivity contribution in [2.75, 3.05) is 31.6 Å². The van der Waals surface area contributed by atoms with Crippen molar-refractivity contribution < 1.29 is 19.1 Å². The predicted molar refractivity (Wildman–Crippen MR) is 97.2 cm³/mol. The van der Waals surface area contributed by atoms with Crippen LogP contribution in [0.3, 0.4) is 0 Å². The summed E-state index contributed by atoms with van der Waals surface area (Å²) >= 11 is 1.34. The van der Waals surface area contributed by atoms with Crippen molar-refractivity contribution in [2.45, 2.75) is 31.7 Å². The average molecular weight is 377 g/mol. The molecule has 1 saturated carbocycles. The molecule has 8 heteroatoms. The van der Waals surface area contributed by atoms with Crippen molar-refractivity contribution in [3.63, 3.8) is 0 Å². The van der Waals surface area contributed by atoms with E-state index in [2.05, 4.69) is 10.6 Å². The summed E-state index contributed by atoms with van der Waals surface area (Å²) in [6.45, 7) is 2.43. The maximum absolute atomic E-state index is 12.8. The lowest BCUT2D eigenvalue weighted by Crippen LogP contribution is -2.43. The third-order valence-corrected chi connectivity index (χ3v) is 6.86. The zero-order valence-electron chi connectivity index (χ0n) is 14.7. The van der Waals surface area contributed by atoms with E-state index in [0.29, 0.717) is 23.5 Å². The molecule has 2 unspecified atom stereocenters. The average Bonchev–Trinajstić information content (AvgIpc) is 2.97. The molecule has 26 heavy (non-hydrogen) atoms. The van der Waals surface area contributed by atoms with E-state index in [1.54, 1.807) is 16.3 Å². The van der Waals surface area contributed by atoms with Crippen molar-refractivity contribution in [3.05, 3.63) is 17.0 Å². The van der Waals surface area contributed by atoms with E-state index >= 15 is 0 Å². The number of nitrogens with one attached hydrogen (secondary N) is 2. The normalized spacial score (nSPS) is 26.8. The molecule has 2 atom stereocenters.